The Morgan fingerprint density at radius 2 is 2.14 bits per heavy atom. The summed E-state index contributed by atoms with van der Waals surface area (Å²) in [4.78, 5) is 0.346. The van der Waals surface area contributed by atoms with Crippen LogP contribution in [0.3, 0.4) is 0 Å². The number of nitrogens with one attached hydrogen (secondary N) is 2. The van der Waals surface area contributed by atoms with Crippen LogP contribution in [0.5, 0.6) is 0 Å². The smallest absolute Gasteiger partial charge is 0.242 e. The van der Waals surface area contributed by atoms with Crippen molar-refractivity contribution in [1.29, 1.82) is 0 Å². The van der Waals surface area contributed by atoms with Crippen molar-refractivity contribution < 1.29 is 13.2 Å². The van der Waals surface area contributed by atoms with Crippen molar-refractivity contribution in [2.45, 2.75) is 44.2 Å². The maximum atomic E-state index is 12.3. The molecule has 0 aliphatic heterocycles. The van der Waals surface area contributed by atoms with Gasteiger partial charge in [-0.2, -0.15) is 0 Å². The van der Waals surface area contributed by atoms with E-state index in [-0.39, 0.29) is 0 Å². The summed E-state index contributed by atoms with van der Waals surface area (Å²) in [7, 11) is -3.45. The lowest BCUT2D eigenvalue weighted by atomic mass is 10.4. The topological polar surface area (TPSA) is 72.4 Å². The highest BCUT2D eigenvalue weighted by molar-refractivity contribution is 7.89. The zero-order chi connectivity index (χ0) is 15.3. The highest BCUT2D eigenvalue weighted by Crippen LogP contribution is 2.37. The second-order valence-corrected chi connectivity index (χ2v) is 6.95. The molecule has 0 saturated heterocycles. The summed E-state index contributed by atoms with van der Waals surface area (Å²) in [6.45, 7) is 6.77. The molecule has 0 radical (unpaired) electrons. The molecule has 1 fully saturated rings. The predicted molar refractivity (Wildman–Crippen MR) is 81.8 cm³/mol. The molecule has 2 rings (SSSR count). The number of aromatic nitrogens is 1. The van der Waals surface area contributed by atoms with E-state index in [9.17, 15) is 8.42 Å². The van der Waals surface area contributed by atoms with Crippen LogP contribution in [0.25, 0.3) is 0 Å². The molecule has 0 unspecified atom stereocenters. The second kappa shape index (κ2) is 7.40. The van der Waals surface area contributed by atoms with Gasteiger partial charge in [0.25, 0.3) is 0 Å². The number of rotatable bonds is 10. The summed E-state index contributed by atoms with van der Waals surface area (Å²) in [6, 6.07) is 2.23. The summed E-state index contributed by atoms with van der Waals surface area (Å²) < 4.78 is 34.4. The molecule has 0 amide bonds. The van der Waals surface area contributed by atoms with Crippen molar-refractivity contribution in [3.05, 3.63) is 18.0 Å². The molecule has 1 heterocycles. The quantitative estimate of drug-likeness (QED) is 0.637. The average Bonchev–Trinajstić information content (AvgIpc) is 3.21. The van der Waals surface area contributed by atoms with Crippen molar-refractivity contribution in [1.82, 2.24) is 14.6 Å². The van der Waals surface area contributed by atoms with Crippen LogP contribution in [-0.2, 0) is 21.3 Å². The van der Waals surface area contributed by atoms with E-state index in [1.54, 1.807) is 12.3 Å². The van der Waals surface area contributed by atoms with Gasteiger partial charge in [-0.15, -0.1) is 0 Å². The Kier molecular flexibility index (Phi) is 5.80. The zero-order valence-corrected chi connectivity index (χ0v) is 13.6. The Labute approximate surface area is 126 Å². The third kappa shape index (κ3) is 4.54. The third-order valence-corrected chi connectivity index (χ3v) is 4.88. The molecule has 0 spiro atoms. The molecular weight excluding hydrogens is 290 g/mol. The summed E-state index contributed by atoms with van der Waals surface area (Å²) in [5, 5.41) is 3.26. The van der Waals surface area contributed by atoms with E-state index in [4.69, 9.17) is 4.74 Å². The SMILES string of the molecule is CCNCc1cc(S(=O)(=O)NCCOCC)cn1C1CC1. The van der Waals surface area contributed by atoms with Gasteiger partial charge in [-0.3, -0.25) is 0 Å². The van der Waals surface area contributed by atoms with E-state index in [0.717, 1.165) is 25.1 Å². The van der Waals surface area contributed by atoms with Crippen LogP contribution in [0.1, 0.15) is 38.4 Å². The monoisotopic (exact) mass is 315 g/mol. The number of ether oxygens (including phenoxy) is 1. The van der Waals surface area contributed by atoms with E-state index in [0.29, 0.717) is 37.2 Å². The van der Waals surface area contributed by atoms with Crippen LogP contribution in [0.4, 0.5) is 0 Å². The van der Waals surface area contributed by atoms with E-state index >= 15 is 0 Å². The molecule has 2 N–H and O–H groups in total. The Bertz CT molecular complexity index is 550. The fourth-order valence-electron chi connectivity index (χ4n) is 2.21. The fourth-order valence-corrected chi connectivity index (χ4v) is 3.27. The predicted octanol–water partition coefficient (Wildman–Crippen LogP) is 1.25. The van der Waals surface area contributed by atoms with Crippen molar-refractivity contribution >= 4 is 10.0 Å². The first kappa shape index (κ1) is 16.5. The van der Waals surface area contributed by atoms with Crippen LogP contribution in [0.15, 0.2) is 17.2 Å². The van der Waals surface area contributed by atoms with E-state index in [1.165, 1.54) is 0 Å². The molecule has 6 nitrogen and oxygen atoms in total. The lowest BCUT2D eigenvalue weighted by Crippen LogP contribution is -2.27. The van der Waals surface area contributed by atoms with Gasteiger partial charge in [0, 0.05) is 37.6 Å². The molecule has 1 aliphatic rings. The second-order valence-electron chi connectivity index (χ2n) is 5.18. The van der Waals surface area contributed by atoms with Crippen molar-refractivity contribution in [2.24, 2.45) is 0 Å². The first-order valence-electron chi connectivity index (χ1n) is 7.57. The van der Waals surface area contributed by atoms with Crippen molar-refractivity contribution in [3.8, 4) is 0 Å². The summed E-state index contributed by atoms with van der Waals surface area (Å²) in [6.07, 6.45) is 4.02. The van der Waals surface area contributed by atoms with Crippen molar-refractivity contribution in [3.63, 3.8) is 0 Å². The maximum absolute atomic E-state index is 12.3. The standard InChI is InChI=1S/C14H25N3O3S/c1-3-15-10-13-9-14(11-17(13)12-5-6-12)21(18,19)16-7-8-20-4-2/h9,11-12,15-16H,3-8,10H2,1-2H3. The van der Waals surface area contributed by atoms with Gasteiger partial charge in [-0.05, 0) is 32.4 Å². The molecule has 120 valence electrons. The molecular formula is C14H25N3O3S. The van der Waals surface area contributed by atoms with Gasteiger partial charge in [-0.25, -0.2) is 13.1 Å². The molecule has 0 aromatic carbocycles. The van der Waals surface area contributed by atoms with E-state index in [2.05, 4.69) is 14.6 Å². The minimum Gasteiger partial charge on any atom is -0.380 e. The first-order chi connectivity index (χ1) is 10.1. The van der Waals surface area contributed by atoms with Crippen LogP contribution < -0.4 is 10.0 Å². The van der Waals surface area contributed by atoms with Gasteiger partial charge in [0.15, 0.2) is 0 Å². The molecule has 0 atom stereocenters. The van der Waals surface area contributed by atoms with Gasteiger partial charge < -0.3 is 14.6 Å². The molecule has 21 heavy (non-hydrogen) atoms. The molecule has 1 aromatic heterocycles. The molecule has 1 aromatic rings. The number of sulfonamides is 1. The number of hydrogen-bond donors (Lipinski definition) is 2. The van der Waals surface area contributed by atoms with E-state index < -0.39 is 10.0 Å². The van der Waals surface area contributed by atoms with Gasteiger partial charge in [0.05, 0.1) is 11.5 Å². The molecule has 1 aliphatic carbocycles. The van der Waals surface area contributed by atoms with Gasteiger partial charge in [-0.1, -0.05) is 6.92 Å². The summed E-state index contributed by atoms with van der Waals surface area (Å²) in [5.41, 5.74) is 1.03. The van der Waals surface area contributed by atoms with Gasteiger partial charge in [0.2, 0.25) is 10.0 Å². The largest absolute Gasteiger partial charge is 0.380 e. The van der Waals surface area contributed by atoms with Gasteiger partial charge >= 0.3 is 0 Å². The van der Waals surface area contributed by atoms with Crippen LogP contribution >= 0.6 is 0 Å². The Morgan fingerprint density at radius 3 is 2.76 bits per heavy atom. The number of hydrogen-bond acceptors (Lipinski definition) is 4. The summed E-state index contributed by atoms with van der Waals surface area (Å²) >= 11 is 0. The minimum atomic E-state index is -3.45. The number of nitrogens with zero attached hydrogens (tertiary/aromatic N) is 1. The van der Waals surface area contributed by atoms with Gasteiger partial charge in [0.1, 0.15) is 0 Å². The Hall–Kier alpha value is -0.890. The van der Waals surface area contributed by atoms with Crippen LogP contribution in [-0.4, -0.2) is 39.3 Å². The highest BCUT2D eigenvalue weighted by atomic mass is 32.2. The lowest BCUT2D eigenvalue weighted by Gasteiger charge is -2.07. The normalized spacial score (nSPS) is 15.5. The summed E-state index contributed by atoms with van der Waals surface area (Å²) in [5.74, 6) is 0. The maximum Gasteiger partial charge on any atom is 0.242 e. The lowest BCUT2D eigenvalue weighted by molar-refractivity contribution is 0.153. The van der Waals surface area contributed by atoms with Crippen LogP contribution in [0.2, 0.25) is 0 Å². The third-order valence-electron chi connectivity index (χ3n) is 3.46. The molecule has 7 heteroatoms. The van der Waals surface area contributed by atoms with E-state index in [1.807, 2.05) is 13.8 Å². The minimum absolute atomic E-state index is 0.299. The highest BCUT2D eigenvalue weighted by Gasteiger charge is 2.27. The molecule has 0 bridgehead atoms. The first-order valence-corrected chi connectivity index (χ1v) is 9.05. The fraction of sp³-hybridized carbons (Fsp3) is 0.714. The molecule has 1 saturated carbocycles. The zero-order valence-electron chi connectivity index (χ0n) is 12.8. The Morgan fingerprint density at radius 1 is 1.38 bits per heavy atom. The van der Waals surface area contributed by atoms with Crippen molar-refractivity contribution in [2.75, 3.05) is 26.3 Å². The Balaban J connectivity index is 2.07. The average molecular weight is 315 g/mol. The van der Waals surface area contributed by atoms with Crippen LogP contribution in [0, 0.1) is 0 Å².